The van der Waals surface area contributed by atoms with Crippen LogP contribution in [-0.2, 0) is 44.7 Å². The van der Waals surface area contributed by atoms with E-state index in [1.54, 1.807) is 79.7 Å². The van der Waals surface area contributed by atoms with Crippen LogP contribution in [0.15, 0.2) is 30.3 Å². The molecule has 1 rings (SSSR count). The van der Waals surface area contributed by atoms with Crippen molar-refractivity contribution in [2.45, 2.75) is 92.0 Å². The number of hydrogen-bond donors (Lipinski definition) is 1. The van der Waals surface area contributed by atoms with Crippen molar-refractivity contribution in [1.29, 1.82) is 0 Å². The highest BCUT2D eigenvalue weighted by molar-refractivity contribution is 5.91. The number of carbonyl (C=O) groups is 4. The zero-order valence-electron chi connectivity index (χ0n) is 24.4. The highest BCUT2D eigenvalue weighted by atomic mass is 16.7. The van der Waals surface area contributed by atoms with E-state index >= 15 is 0 Å². The van der Waals surface area contributed by atoms with Crippen LogP contribution < -0.4 is 5.32 Å². The van der Waals surface area contributed by atoms with Crippen molar-refractivity contribution in [1.82, 2.24) is 10.2 Å². The van der Waals surface area contributed by atoms with E-state index in [-0.39, 0.29) is 13.2 Å². The number of benzene rings is 1. The number of ether oxygens (including phenoxy) is 5. The minimum absolute atomic E-state index is 0.00853. The van der Waals surface area contributed by atoms with E-state index in [9.17, 15) is 19.2 Å². The first-order valence-electron chi connectivity index (χ1n) is 13.1. The maximum absolute atomic E-state index is 13.7. The Balaban J connectivity index is 3.19. The lowest BCUT2D eigenvalue weighted by molar-refractivity contribution is -0.170. The zero-order chi connectivity index (χ0) is 29.6. The van der Waals surface area contributed by atoms with Crippen LogP contribution in [0.25, 0.3) is 0 Å². The summed E-state index contributed by atoms with van der Waals surface area (Å²) >= 11 is 0. The Kier molecular flexibility index (Phi) is 13.9. The van der Waals surface area contributed by atoms with Gasteiger partial charge in [-0.3, -0.25) is 14.4 Å². The SMILES string of the molecule is CCOC(CN(CC(=O)OC(C)(C)C)C(=O)[C@H](CC(=O)OCc1ccccc1)NC(=O)OC(C)(C)C)OCC. The first-order chi connectivity index (χ1) is 18.1. The van der Waals surface area contributed by atoms with E-state index in [2.05, 4.69) is 5.32 Å². The molecular weight excluding hydrogens is 508 g/mol. The molecule has 0 aliphatic carbocycles. The molecule has 39 heavy (non-hydrogen) atoms. The van der Waals surface area contributed by atoms with Gasteiger partial charge in [0, 0.05) is 13.2 Å². The lowest BCUT2D eigenvalue weighted by Gasteiger charge is -2.31. The predicted molar refractivity (Wildman–Crippen MR) is 143 cm³/mol. The molecule has 0 aliphatic rings. The zero-order valence-corrected chi connectivity index (χ0v) is 24.4. The first kappa shape index (κ1) is 33.8. The van der Waals surface area contributed by atoms with E-state index in [0.717, 1.165) is 10.5 Å². The summed E-state index contributed by atoms with van der Waals surface area (Å²) in [5.74, 6) is -2.13. The van der Waals surface area contributed by atoms with E-state index < -0.39 is 60.4 Å². The molecule has 0 saturated heterocycles. The third-order valence-corrected chi connectivity index (χ3v) is 4.73. The summed E-state index contributed by atoms with van der Waals surface area (Å²) in [4.78, 5) is 52.9. The lowest BCUT2D eigenvalue weighted by Crippen LogP contribution is -2.54. The quantitative estimate of drug-likeness (QED) is 0.209. The Hall–Kier alpha value is -3.18. The molecule has 11 heteroatoms. The van der Waals surface area contributed by atoms with Gasteiger partial charge in [-0.25, -0.2) is 4.79 Å². The van der Waals surface area contributed by atoms with Crippen LogP contribution in [0, 0.1) is 0 Å². The third kappa shape index (κ3) is 15.1. The van der Waals surface area contributed by atoms with Gasteiger partial charge >= 0.3 is 18.0 Å². The largest absolute Gasteiger partial charge is 0.461 e. The first-order valence-corrected chi connectivity index (χ1v) is 13.1. The number of rotatable bonds is 14. The number of hydrogen-bond acceptors (Lipinski definition) is 9. The summed E-state index contributed by atoms with van der Waals surface area (Å²) in [7, 11) is 0. The third-order valence-electron chi connectivity index (χ3n) is 4.73. The molecule has 2 amide bonds. The van der Waals surface area contributed by atoms with Crippen LogP contribution in [0.3, 0.4) is 0 Å². The second-order valence-electron chi connectivity index (χ2n) is 10.7. The van der Waals surface area contributed by atoms with Gasteiger partial charge in [0.05, 0.1) is 13.0 Å². The number of nitrogens with zero attached hydrogens (tertiary/aromatic N) is 1. The minimum Gasteiger partial charge on any atom is -0.461 e. The van der Waals surface area contributed by atoms with Crippen molar-refractivity contribution in [3.63, 3.8) is 0 Å². The monoisotopic (exact) mass is 552 g/mol. The fourth-order valence-corrected chi connectivity index (χ4v) is 3.30. The summed E-state index contributed by atoms with van der Waals surface area (Å²) in [5, 5.41) is 2.45. The lowest BCUT2D eigenvalue weighted by atomic mass is 10.1. The molecule has 1 aromatic rings. The molecule has 0 radical (unpaired) electrons. The van der Waals surface area contributed by atoms with Crippen LogP contribution in [0.2, 0.25) is 0 Å². The minimum atomic E-state index is -1.39. The van der Waals surface area contributed by atoms with Crippen LogP contribution in [0.5, 0.6) is 0 Å². The average Bonchev–Trinajstić information content (AvgIpc) is 2.80. The molecule has 11 nitrogen and oxygen atoms in total. The Morgan fingerprint density at radius 3 is 1.92 bits per heavy atom. The molecule has 1 atom stereocenters. The number of esters is 2. The van der Waals surface area contributed by atoms with E-state index in [0.29, 0.717) is 13.2 Å². The fourth-order valence-electron chi connectivity index (χ4n) is 3.30. The molecular formula is C28H44N2O9. The highest BCUT2D eigenvalue weighted by Crippen LogP contribution is 2.13. The van der Waals surface area contributed by atoms with Gasteiger partial charge in [0.15, 0.2) is 6.29 Å². The highest BCUT2D eigenvalue weighted by Gasteiger charge is 2.34. The van der Waals surface area contributed by atoms with Gasteiger partial charge < -0.3 is 33.9 Å². The number of alkyl carbamates (subject to hydrolysis) is 1. The Labute approximate surface area is 231 Å². The van der Waals surface area contributed by atoms with Gasteiger partial charge in [0.1, 0.15) is 30.4 Å². The van der Waals surface area contributed by atoms with Crippen LogP contribution in [0.1, 0.15) is 67.4 Å². The van der Waals surface area contributed by atoms with Crippen LogP contribution in [0.4, 0.5) is 4.79 Å². The van der Waals surface area contributed by atoms with Gasteiger partial charge in [-0.05, 0) is 61.0 Å². The Morgan fingerprint density at radius 1 is 0.846 bits per heavy atom. The summed E-state index contributed by atoms with van der Waals surface area (Å²) in [6.07, 6.45) is -2.25. The summed E-state index contributed by atoms with van der Waals surface area (Å²) in [5.41, 5.74) is -0.881. The van der Waals surface area contributed by atoms with E-state index in [4.69, 9.17) is 23.7 Å². The van der Waals surface area contributed by atoms with E-state index in [1.165, 1.54) is 0 Å². The van der Waals surface area contributed by atoms with Gasteiger partial charge in [-0.15, -0.1) is 0 Å². The van der Waals surface area contributed by atoms with Crippen molar-refractivity contribution in [3.05, 3.63) is 35.9 Å². The smallest absolute Gasteiger partial charge is 0.408 e. The Bertz CT molecular complexity index is 917. The molecule has 0 aliphatic heterocycles. The summed E-state index contributed by atoms with van der Waals surface area (Å²) in [6, 6.07) is 7.64. The molecule has 0 aromatic heterocycles. The molecule has 0 spiro atoms. The van der Waals surface area contributed by atoms with Gasteiger partial charge in [-0.2, -0.15) is 0 Å². The van der Waals surface area contributed by atoms with Gasteiger partial charge in [0.2, 0.25) is 5.91 Å². The fraction of sp³-hybridized carbons (Fsp3) is 0.643. The molecule has 1 aromatic carbocycles. The molecule has 0 unspecified atom stereocenters. The standard InChI is InChI=1S/C28H44N2O9/c1-9-35-24(36-10-2)18-30(17-23(32)38-27(3,4)5)25(33)21(29-26(34)39-28(6,7)8)16-22(31)37-19-20-14-12-11-13-15-20/h11-15,21,24H,9-10,16-19H2,1-8H3,(H,29,34)/t21-/m0/s1. The molecule has 1 N–H and O–H groups in total. The van der Waals surface area contributed by atoms with E-state index in [1.807, 2.05) is 6.07 Å². The molecule has 0 bridgehead atoms. The molecule has 0 fully saturated rings. The average molecular weight is 553 g/mol. The predicted octanol–water partition coefficient (Wildman–Crippen LogP) is 3.58. The topological polar surface area (TPSA) is 130 Å². The van der Waals surface area contributed by atoms with Crippen LogP contribution >= 0.6 is 0 Å². The summed E-state index contributed by atoms with van der Waals surface area (Å²) < 4.78 is 27.2. The number of amides is 2. The number of nitrogens with one attached hydrogen (secondary N) is 1. The van der Waals surface area contributed by atoms with Gasteiger partial charge in [-0.1, -0.05) is 30.3 Å². The molecule has 0 saturated carbocycles. The number of carbonyl (C=O) groups excluding carboxylic acids is 4. The van der Waals surface area contributed by atoms with Crippen LogP contribution in [-0.4, -0.2) is 78.7 Å². The maximum atomic E-state index is 13.7. The van der Waals surface area contributed by atoms with Crippen molar-refractivity contribution in [2.24, 2.45) is 0 Å². The second kappa shape index (κ2) is 16.0. The Morgan fingerprint density at radius 2 is 1.41 bits per heavy atom. The van der Waals surface area contributed by atoms with Gasteiger partial charge in [0.25, 0.3) is 0 Å². The molecule has 0 heterocycles. The summed E-state index contributed by atoms with van der Waals surface area (Å²) in [6.45, 7) is 13.6. The maximum Gasteiger partial charge on any atom is 0.408 e. The normalized spacial score (nSPS) is 12.4. The van der Waals surface area contributed by atoms with Crippen molar-refractivity contribution >= 4 is 23.9 Å². The van der Waals surface area contributed by atoms with Crippen molar-refractivity contribution in [3.8, 4) is 0 Å². The van der Waals surface area contributed by atoms with Crippen molar-refractivity contribution in [2.75, 3.05) is 26.3 Å². The molecule has 220 valence electrons. The van der Waals surface area contributed by atoms with Crippen molar-refractivity contribution < 1.29 is 42.9 Å². The second-order valence-corrected chi connectivity index (χ2v) is 10.7.